The third kappa shape index (κ3) is 5.11. The Morgan fingerprint density at radius 1 is 1.22 bits per heavy atom. The van der Waals surface area contributed by atoms with E-state index in [1.165, 1.54) is 10.6 Å². The number of benzene rings is 1. The largest absolute Gasteiger partial charge is 0.386 e. The van der Waals surface area contributed by atoms with Crippen molar-refractivity contribution in [3.05, 3.63) is 59.6 Å². The van der Waals surface area contributed by atoms with Crippen molar-refractivity contribution in [1.82, 2.24) is 15.6 Å². The van der Waals surface area contributed by atoms with Crippen LogP contribution in [-0.4, -0.2) is 56.8 Å². The van der Waals surface area contributed by atoms with Gasteiger partial charge in [0, 0.05) is 49.4 Å². The van der Waals surface area contributed by atoms with E-state index in [4.69, 9.17) is 9.72 Å². The van der Waals surface area contributed by atoms with Gasteiger partial charge in [0.25, 0.3) is 0 Å². The normalized spacial score (nSPS) is 22.5. The van der Waals surface area contributed by atoms with Crippen LogP contribution in [0.3, 0.4) is 0 Å². The molecule has 1 fully saturated rings. The van der Waals surface area contributed by atoms with E-state index in [0.29, 0.717) is 12.4 Å². The van der Waals surface area contributed by atoms with Crippen LogP contribution in [0, 0.1) is 11.7 Å². The number of aromatic nitrogens is 1. The number of nitrogens with zero attached hydrogens (tertiary/aromatic N) is 3. The highest BCUT2D eigenvalue weighted by Gasteiger charge is 2.46. The highest BCUT2D eigenvalue weighted by molar-refractivity contribution is 8.00. The molecule has 2 atom stereocenters. The first-order chi connectivity index (χ1) is 18.2. The van der Waals surface area contributed by atoms with Crippen LogP contribution < -0.4 is 20.4 Å². The van der Waals surface area contributed by atoms with Crippen molar-refractivity contribution in [2.75, 3.05) is 56.2 Å². The van der Waals surface area contributed by atoms with Crippen LogP contribution in [0.5, 0.6) is 0 Å². The maximum Gasteiger partial charge on any atom is 0.167 e. The average Bonchev–Trinajstić information content (AvgIpc) is 3.08. The fraction of sp³-hybridized carbons (Fsp3) is 0.483. The Hall–Kier alpha value is -2.55. The predicted octanol–water partition coefficient (Wildman–Crippen LogP) is 5.54. The average molecular weight is 524 g/mol. The molecule has 5 rings (SSSR count). The number of nitrogens with one attached hydrogen (secondary N) is 2. The third-order valence-electron chi connectivity index (χ3n) is 7.18. The van der Waals surface area contributed by atoms with Gasteiger partial charge >= 0.3 is 0 Å². The van der Waals surface area contributed by atoms with Gasteiger partial charge in [-0.05, 0) is 49.6 Å². The smallest absolute Gasteiger partial charge is 0.167 e. The van der Waals surface area contributed by atoms with Crippen LogP contribution in [-0.2, 0) is 4.74 Å². The van der Waals surface area contributed by atoms with E-state index in [1.807, 2.05) is 11.8 Å². The first-order valence-electron chi connectivity index (χ1n) is 13.5. The molecule has 0 bridgehead atoms. The molecule has 6 nitrogen and oxygen atoms in total. The summed E-state index contributed by atoms with van der Waals surface area (Å²) in [5.74, 6) is 1.14. The Bertz CT molecular complexity index is 1160. The maximum atomic E-state index is 15.9. The van der Waals surface area contributed by atoms with Gasteiger partial charge in [0.1, 0.15) is 5.82 Å². The van der Waals surface area contributed by atoms with Gasteiger partial charge < -0.3 is 25.2 Å². The topological polar surface area (TPSA) is 52.7 Å². The Balaban J connectivity index is 1.67. The predicted molar refractivity (Wildman–Crippen MR) is 152 cm³/mol. The van der Waals surface area contributed by atoms with E-state index in [-0.39, 0.29) is 17.1 Å². The number of thioether (sulfide) groups is 1. The maximum absolute atomic E-state index is 15.9. The number of fused-ring (bicyclic) bond motifs is 5. The molecule has 3 aliphatic rings. The van der Waals surface area contributed by atoms with E-state index < -0.39 is 0 Å². The number of para-hydroxylation sites is 1. The molecule has 0 aliphatic carbocycles. The number of pyridine rings is 1. The number of methoxy groups -OCH3 is 1. The Morgan fingerprint density at radius 2 is 2.08 bits per heavy atom. The fourth-order valence-corrected chi connectivity index (χ4v) is 7.05. The van der Waals surface area contributed by atoms with Crippen molar-refractivity contribution in [3.8, 4) is 0 Å². The Labute approximate surface area is 224 Å². The summed E-state index contributed by atoms with van der Waals surface area (Å²) in [6.07, 6.45) is 7.30. The highest BCUT2D eigenvalue weighted by Crippen LogP contribution is 2.58. The second-order valence-electron chi connectivity index (χ2n) is 9.63. The van der Waals surface area contributed by atoms with Crippen molar-refractivity contribution in [2.24, 2.45) is 5.92 Å². The van der Waals surface area contributed by atoms with Crippen molar-refractivity contribution < 1.29 is 9.13 Å². The second-order valence-corrected chi connectivity index (χ2v) is 10.8. The van der Waals surface area contributed by atoms with Gasteiger partial charge in [0.05, 0.1) is 23.6 Å². The molecule has 2 unspecified atom stereocenters. The molecular weight excluding hydrogens is 485 g/mol. The molecule has 2 N–H and O–H groups in total. The van der Waals surface area contributed by atoms with E-state index in [2.05, 4.69) is 70.7 Å². The molecule has 0 spiro atoms. The molecule has 1 saturated heterocycles. The summed E-state index contributed by atoms with van der Waals surface area (Å²) < 4.78 is 21.2. The minimum Gasteiger partial charge on any atom is -0.386 e. The number of anilines is 3. The quantitative estimate of drug-likeness (QED) is 0.441. The lowest BCUT2D eigenvalue weighted by molar-refractivity contribution is 0.201. The molecular formula is C29H38FN5OS. The summed E-state index contributed by atoms with van der Waals surface area (Å²) in [7, 11) is 1.72. The lowest BCUT2D eigenvalue weighted by atomic mass is 9.84. The van der Waals surface area contributed by atoms with Crippen LogP contribution in [0.4, 0.5) is 21.7 Å². The highest BCUT2D eigenvalue weighted by atomic mass is 32.2. The zero-order valence-corrected chi connectivity index (χ0v) is 22.9. The summed E-state index contributed by atoms with van der Waals surface area (Å²) in [5, 5.41) is 7.17. The van der Waals surface area contributed by atoms with E-state index in [1.54, 1.807) is 13.2 Å². The standard InChI is InChI=1S/C29H38FN5OS/c1-4-9-20-21-19-22(30)28(34-16-8-13-31-14-17-34)33-27(21)35-24-11-6-7-12-25(24)37-29(35)26(20)23(10-5-2)32-15-18-36-3/h6-7,9-12,19,26,29,31-32H,4-5,8,13-18H2,1-3H3/b20-9+,23-10+. The summed E-state index contributed by atoms with van der Waals surface area (Å²) >= 11 is 1.88. The van der Waals surface area contributed by atoms with Gasteiger partial charge in [-0.15, -0.1) is 0 Å². The number of ether oxygens (including phenoxy) is 1. The third-order valence-corrected chi connectivity index (χ3v) is 8.51. The summed E-state index contributed by atoms with van der Waals surface area (Å²) in [4.78, 5) is 10.8. The minimum atomic E-state index is -0.242. The number of hydrogen-bond acceptors (Lipinski definition) is 7. The van der Waals surface area contributed by atoms with Crippen molar-refractivity contribution in [3.63, 3.8) is 0 Å². The lowest BCUT2D eigenvalue weighted by Gasteiger charge is -2.41. The molecule has 37 heavy (non-hydrogen) atoms. The molecule has 0 radical (unpaired) electrons. The molecule has 1 aromatic carbocycles. The summed E-state index contributed by atoms with van der Waals surface area (Å²) in [6, 6.07) is 10.3. The van der Waals surface area contributed by atoms with Gasteiger partial charge in [0.2, 0.25) is 0 Å². The zero-order valence-electron chi connectivity index (χ0n) is 22.1. The Kier molecular flexibility index (Phi) is 8.37. The Morgan fingerprint density at radius 3 is 2.89 bits per heavy atom. The number of rotatable bonds is 8. The van der Waals surface area contributed by atoms with Crippen LogP contribution in [0.1, 0.15) is 38.7 Å². The van der Waals surface area contributed by atoms with Gasteiger partial charge in [0.15, 0.2) is 11.6 Å². The van der Waals surface area contributed by atoms with Gasteiger partial charge in [-0.2, -0.15) is 0 Å². The van der Waals surface area contributed by atoms with Crippen LogP contribution in [0.15, 0.2) is 53.1 Å². The van der Waals surface area contributed by atoms with Gasteiger partial charge in [-0.3, -0.25) is 0 Å². The molecule has 8 heteroatoms. The first kappa shape index (κ1) is 26.1. The number of allylic oxidation sites excluding steroid dienone is 2. The molecule has 2 aromatic rings. The van der Waals surface area contributed by atoms with E-state index in [9.17, 15) is 0 Å². The molecule has 1 aromatic heterocycles. The number of halogens is 1. The van der Waals surface area contributed by atoms with Crippen molar-refractivity contribution in [1.29, 1.82) is 0 Å². The molecule has 198 valence electrons. The summed E-state index contributed by atoms with van der Waals surface area (Å²) in [6.45, 7) is 9.02. The van der Waals surface area contributed by atoms with Crippen molar-refractivity contribution in [2.45, 2.75) is 43.4 Å². The molecule has 4 heterocycles. The zero-order chi connectivity index (χ0) is 25.8. The molecule has 3 aliphatic heterocycles. The van der Waals surface area contributed by atoms with Crippen molar-refractivity contribution >= 4 is 34.7 Å². The fourth-order valence-electron chi connectivity index (χ4n) is 5.60. The lowest BCUT2D eigenvalue weighted by Crippen LogP contribution is -2.42. The van der Waals surface area contributed by atoms with Crippen LogP contribution in [0.2, 0.25) is 0 Å². The monoisotopic (exact) mass is 523 g/mol. The SMILES string of the molecule is CC/C=C1\c2cc(F)c(N3CCCNCC3)nc2N2c3ccccc3SC2C1/C(=C\CC)NCCOC. The van der Waals surface area contributed by atoms with Gasteiger partial charge in [-0.25, -0.2) is 9.37 Å². The summed E-state index contributed by atoms with van der Waals surface area (Å²) in [5.41, 5.74) is 4.36. The molecule has 0 saturated carbocycles. The van der Waals surface area contributed by atoms with E-state index in [0.717, 1.165) is 74.6 Å². The minimum absolute atomic E-state index is 0.0519. The van der Waals surface area contributed by atoms with Gasteiger partial charge in [-0.1, -0.05) is 49.9 Å². The van der Waals surface area contributed by atoms with E-state index >= 15 is 4.39 Å². The number of hydrogen-bond donors (Lipinski definition) is 2. The molecule has 0 amide bonds. The first-order valence-corrected chi connectivity index (χ1v) is 14.4. The van der Waals surface area contributed by atoms with Crippen LogP contribution in [0.25, 0.3) is 5.57 Å². The van der Waals surface area contributed by atoms with Crippen LogP contribution >= 0.6 is 11.8 Å². The second kappa shape index (κ2) is 11.9.